The van der Waals surface area contributed by atoms with Crippen molar-refractivity contribution in [3.8, 4) is 5.75 Å². The molecule has 0 unspecified atom stereocenters. The predicted molar refractivity (Wildman–Crippen MR) is 131 cm³/mol. The number of benzene rings is 1. The number of hydrogen-bond acceptors (Lipinski definition) is 5. The van der Waals surface area contributed by atoms with Crippen LogP contribution in [0.3, 0.4) is 0 Å². The summed E-state index contributed by atoms with van der Waals surface area (Å²) in [7, 11) is 3.60. The van der Waals surface area contributed by atoms with E-state index in [-0.39, 0.29) is 11.9 Å². The Kier molecular flexibility index (Phi) is 6.98. The van der Waals surface area contributed by atoms with Gasteiger partial charge in [-0.2, -0.15) is 5.10 Å². The molecule has 3 heterocycles. The van der Waals surface area contributed by atoms with Gasteiger partial charge in [0.05, 0.1) is 18.8 Å². The molecule has 1 saturated heterocycles. The summed E-state index contributed by atoms with van der Waals surface area (Å²) in [5.41, 5.74) is 6.42. The van der Waals surface area contributed by atoms with Gasteiger partial charge in [-0.15, -0.1) is 0 Å². The van der Waals surface area contributed by atoms with Crippen LogP contribution in [0.15, 0.2) is 24.3 Å². The number of nitrogens with one attached hydrogen (secondary N) is 1. The molecule has 7 nitrogen and oxygen atoms in total. The summed E-state index contributed by atoms with van der Waals surface area (Å²) in [5.74, 6) is 0.928. The number of fused-ring (bicyclic) bond motifs is 1. The Morgan fingerprint density at radius 2 is 1.82 bits per heavy atom. The Morgan fingerprint density at radius 3 is 2.48 bits per heavy atom. The van der Waals surface area contributed by atoms with Gasteiger partial charge in [-0.3, -0.25) is 14.4 Å². The summed E-state index contributed by atoms with van der Waals surface area (Å²) in [4.78, 5) is 20.1. The summed E-state index contributed by atoms with van der Waals surface area (Å²) in [6, 6.07) is 8.39. The Bertz CT molecular complexity index is 1130. The van der Waals surface area contributed by atoms with E-state index in [0.717, 1.165) is 46.8 Å². The molecule has 0 bridgehead atoms. The molecular weight excluding hydrogens is 414 g/mol. The van der Waals surface area contributed by atoms with Crippen molar-refractivity contribution in [1.29, 1.82) is 0 Å². The molecule has 33 heavy (non-hydrogen) atoms. The molecule has 176 valence electrons. The minimum Gasteiger partial charge on any atom is -0.497 e. The SMILES string of the molecule is COc1ccc([C@H](CNC(=O)CCc2c(C)nc3c(c(C)nn3C)c2C)N2CCCC2)cc1. The van der Waals surface area contributed by atoms with Crippen molar-refractivity contribution in [3.63, 3.8) is 0 Å². The van der Waals surface area contributed by atoms with Gasteiger partial charge in [-0.25, -0.2) is 4.98 Å². The van der Waals surface area contributed by atoms with Crippen molar-refractivity contribution in [3.05, 3.63) is 52.3 Å². The van der Waals surface area contributed by atoms with E-state index in [9.17, 15) is 4.79 Å². The van der Waals surface area contributed by atoms with Crippen LogP contribution in [-0.4, -0.2) is 52.3 Å². The van der Waals surface area contributed by atoms with E-state index in [2.05, 4.69) is 34.4 Å². The van der Waals surface area contributed by atoms with Crippen molar-refractivity contribution < 1.29 is 9.53 Å². The molecular formula is C26H35N5O2. The summed E-state index contributed by atoms with van der Waals surface area (Å²) < 4.78 is 7.14. The zero-order valence-electron chi connectivity index (χ0n) is 20.4. The lowest BCUT2D eigenvalue weighted by atomic mass is 9.99. The number of ether oxygens (including phenoxy) is 1. The highest BCUT2D eigenvalue weighted by Crippen LogP contribution is 2.27. The minimum absolute atomic E-state index is 0.0783. The zero-order chi connectivity index (χ0) is 23.5. The highest BCUT2D eigenvalue weighted by atomic mass is 16.5. The topological polar surface area (TPSA) is 72.3 Å². The predicted octanol–water partition coefficient (Wildman–Crippen LogP) is 3.79. The van der Waals surface area contributed by atoms with E-state index in [1.807, 2.05) is 37.7 Å². The van der Waals surface area contributed by atoms with Gasteiger partial charge in [-0.05, 0) is 81.9 Å². The molecule has 1 atom stereocenters. The first kappa shape index (κ1) is 23.2. The second-order valence-corrected chi connectivity index (χ2v) is 9.04. The molecule has 2 aromatic heterocycles. The van der Waals surface area contributed by atoms with E-state index in [4.69, 9.17) is 9.72 Å². The first-order chi connectivity index (χ1) is 15.9. The fourth-order valence-electron chi connectivity index (χ4n) is 5.10. The number of rotatable bonds is 8. The number of likely N-dealkylation sites (tertiary alicyclic amines) is 1. The van der Waals surface area contributed by atoms with Gasteiger partial charge < -0.3 is 10.1 Å². The van der Waals surface area contributed by atoms with Gasteiger partial charge in [0, 0.05) is 31.1 Å². The smallest absolute Gasteiger partial charge is 0.220 e. The average molecular weight is 450 g/mol. The van der Waals surface area contributed by atoms with Crippen LogP contribution in [-0.2, 0) is 18.3 Å². The summed E-state index contributed by atoms with van der Waals surface area (Å²) >= 11 is 0. The lowest BCUT2D eigenvalue weighted by Crippen LogP contribution is -2.36. The van der Waals surface area contributed by atoms with Crippen LogP contribution in [0.4, 0.5) is 0 Å². The zero-order valence-corrected chi connectivity index (χ0v) is 20.4. The third kappa shape index (κ3) is 4.88. The lowest BCUT2D eigenvalue weighted by molar-refractivity contribution is -0.121. The highest BCUT2D eigenvalue weighted by Gasteiger charge is 2.24. The number of amides is 1. The molecule has 7 heteroatoms. The van der Waals surface area contributed by atoms with Gasteiger partial charge in [0.2, 0.25) is 5.91 Å². The average Bonchev–Trinajstić information content (AvgIpc) is 3.42. The molecule has 0 aliphatic carbocycles. The number of pyridine rings is 1. The van der Waals surface area contributed by atoms with Crippen molar-refractivity contribution >= 4 is 16.9 Å². The van der Waals surface area contributed by atoms with Crippen LogP contribution in [0.1, 0.15) is 53.4 Å². The third-order valence-corrected chi connectivity index (χ3v) is 6.91. The number of methoxy groups -OCH3 is 1. The first-order valence-corrected chi connectivity index (χ1v) is 11.8. The fourth-order valence-corrected chi connectivity index (χ4v) is 5.10. The normalized spacial score (nSPS) is 15.2. The van der Waals surface area contributed by atoms with E-state index < -0.39 is 0 Å². The number of carbonyl (C=O) groups is 1. The van der Waals surface area contributed by atoms with Crippen molar-refractivity contribution in [2.24, 2.45) is 7.05 Å². The van der Waals surface area contributed by atoms with Crippen LogP contribution in [0.5, 0.6) is 5.75 Å². The number of nitrogens with zero attached hydrogens (tertiary/aromatic N) is 4. The Labute approximate surface area is 196 Å². The van der Waals surface area contributed by atoms with Crippen LogP contribution in [0, 0.1) is 20.8 Å². The largest absolute Gasteiger partial charge is 0.497 e. The minimum atomic E-state index is 0.0783. The molecule has 1 aromatic carbocycles. The standard InChI is InChI=1S/C26H35N5O2/c1-17-22(18(2)28-26-25(17)19(3)29-30(26)4)12-13-24(32)27-16-23(31-14-6-7-15-31)20-8-10-21(33-5)11-9-20/h8-11,23H,6-7,12-16H2,1-5H3,(H,27,32)/t23-/m0/s1. The van der Waals surface area contributed by atoms with E-state index >= 15 is 0 Å². The molecule has 0 spiro atoms. The lowest BCUT2D eigenvalue weighted by Gasteiger charge is -2.28. The van der Waals surface area contributed by atoms with E-state index in [1.54, 1.807) is 7.11 Å². The number of aryl methyl sites for hydroxylation is 4. The maximum Gasteiger partial charge on any atom is 0.220 e. The quantitative estimate of drug-likeness (QED) is 0.567. The summed E-state index contributed by atoms with van der Waals surface area (Å²) in [5, 5.41) is 8.82. The Hall–Kier alpha value is -2.93. The molecule has 1 aliphatic heterocycles. The molecule has 1 fully saturated rings. The Balaban J connectivity index is 1.43. The number of aromatic nitrogens is 3. The van der Waals surface area contributed by atoms with Crippen molar-refractivity contribution in [2.75, 3.05) is 26.7 Å². The van der Waals surface area contributed by atoms with Crippen LogP contribution < -0.4 is 10.1 Å². The van der Waals surface area contributed by atoms with Gasteiger partial charge in [-0.1, -0.05) is 12.1 Å². The second-order valence-electron chi connectivity index (χ2n) is 9.04. The van der Waals surface area contributed by atoms with E-state index in [0.29, 0.717) is 19.4 Å². The van der Waals surface area contributed by atoms with Gasteiger partial charge in [0.25, 0.3) is 0 Å². The summed E-state index contributed by atoms with van der Waals surface area (Å²) in [6.45, 7) is 8.91. The monoisotopic (exact) mass is 449 g/mol. The highest BCUT2D eigenvalue weighted by molar-refractivity contribution is 5.84. The van der Waals surface area contributed by atoms with Crippen LogP contribution in [0.2, 0.25) is 0 Å². The third-order valence-electron chi connectivity index (χ3n) is 6.91. The second kappa shape index (κ2) is 9.91. The van der Waals surface area contributed by atoms with Crippen LogP contribution >= 0.6 is 0 Å². The molecule has 1 aliphatic rings. The summed E-state index contributed by atoms with van der Waals surface area (Å²) in [6.07, 6.45) is 3.55. The molecule has 3 aromatic rings. The van der Waals surface area contributed by atoms with Crippen molar-refractivity contribution in [1.82, 2.24) is 25.0 Å². The van der Waals surface area contributed by atoms with Crippen molar-refractivity contribution in [2.45, 2.75) is 52.5 Å². The van der Waals surface area contributed by atoms with E-state index in [1.165, 1.54) is 24.0 Å². The molecule has 1 amide bonds. The molecule has 0 radical (unpaired) electrons. The fraction of sp³-hybridized carbons (Fsp3) is 0.500. The maximum absolute atomic E-state index is 12.8. The number of carbonyl (C=O) groups excluding carboxylic acids is 1. The van der Waals surface area contributed by atoms with Crippen LogP contribution in [0.25, 0.3) is 11.0 Å². The molecule has 4 rings (SSSR count). The molecule has 0 saturated carbocycles. The van der Waals surface area contributed by atoms with Gasteiger partial charge in [0.15, 0.2) is 5.65 Å². The van der Waals surface area contributed by atoms with Gasteiger partial charge >= 0.3 is 0 Å². The maximum atomic E-state index is 12.8. The van der Waals surface area contributed by atoms with Gasteiger partial charge in [0.1, 0.15) is 5.75 Å². The number of hydrogen-bond donors (Lipinski definition) is 1. The molecule has 1 N–H and O–H groups in total. The Morgan fingerprint density at radius 1 is 1.12 bits per heavy atom. The first-order valence-electron chi connectivity index (χ1n) is 11.8.